The van der Waals surface area contributed by atoms with E-state index in [-0.39, 0.29) is 17.9 Å². The van der Waals surface area contributed by atoms with Crippen LogP contribution in [0.1, 0.15) is 88.5 Å². The van der Waals surface area contributed by atoms with Gasteiger partial charge in [0.25, 0.3) is 0 Å². The Bertz CT molecular complexity index is 1030. The predicted molar refractivity (Wildman–Crippen MR) is 135 cm³/mol. The van der Waals surface area contributed by atoms with Gasteiger partial charge in [-0.2, -0.15) is 4.31 Å². The molecule has 32 heavy (non-hydrogen) atoms. The number of piperazine rings is 1. The number of nitrogens with zero attached hydrogens (tertiary/aromatic N) is 2. The molecule has 0 bridgehead atoms. The third-order valence-corrected chi connectivity index (χ3v) is 8.60. The molecule has 0 spiro atoms. The summed E-state index contributed by atoms with van der Waals surface area (Å²) in [6.45, 7) is 18.6. The van der Waals surface area contributed by atoms with Crippen LogP contribution in [0.25, 0.3) is 0 Å². The molecule has 0 aliphatic carbocycles. The summed E-state index contributed by atoms with van der Waals surface area (Å²) >= 11 is 0. The van der Waals surface area contributed by atoms with Crippen molar-refractivity contribution in [3.05, 3.63) is 58.7 Å². The van der Waals surface area contributed by atoms with Crippen molar-refractivity contribution in [1.82, 2.24) is 4.31 Å². The lowest BCUT2D eigenvalue weighted by Crippen LogP contribution is -2.53. The zero-order valence-corrected chi connectivity index (χ0v) is 21.8. The molecule has 1 saturated heterocycles. The van der Waals surface area contributed by atoms with Gasteiger partial charge in [-0.05, 0) is 66.0 Å². The van der Waals surface area contributed by atoms with E-state index in [1.807, 2.05) is 0 Å². The topological polar surface area (TPSA) is 40.6 Å². The Morgan fingerprint density at radius 2 is 1.47 bits per heavy atom. The van der Waals surface area contributed by atoms with E-state index in [2.05, 4.69) is 96.7 Å². The van der Waals surface area contributed by atoms with E-state index in [1.54, 1.807) is 4.31 Å². The van der Waals surface area contributed by atoms with Crippen molar-refractivity contribution in [1.29, 1.82) is 0 Å². The third-order valence-electron chi connectivity index (χ3n) is 6.60. The third kappa shape index (κ3) is 4.89. The largest absolute Gasteiger partial charge is 0.366 e. The quantitative estimate of drug-likeness (QED) is 0.515. The Kier molecular flexibility index (Phi) is 7.41. The van der Waals surface area contributed by atoms with Crippen molar-refractivity contribution in [3.8, 4) is 0 Å². The van der Waals surface area contributed by atoms with E-state index in [0.717, 1.165) is 11.1 Å². The van der Waals surface area contributed by atoms with Crippen LogP contribution in [-0.2, 0) is 10.0 Å². The molecule has 0 amide bonds. The van der Waals surface area contributed by atoms with Gasteiger partial charge in [0.1, 0.15) is 0 Å². The zero-order valence-electron chi connectivity index (χ0n) is 21.0. The summed E-state index contributed by atoms with van der Waals surface area (Å²) in [4.78, 5) is 2.87. The predicted octanol–water partition coefficient (Wildman–Crippen LogP) is 6.26. The van der Waals surface area contributed by atoms with Crippen molar-refractivity contribution in [2.24, 2.45) is 0 Å². The van der Waals surface area contributed by atoms with Gasteiger partial charge in [0.05, 0.1) is 4.90 Å². The lowest BCUT2D eigenvalue weighted by Gasteiger charge is -2.41. The average molecular weight is 457 g/mol. The highest BCUT2D eigenvalue weighted by Gasteiger charge is 2.36. The van der Waals surface area contributed by atoms with Gasteiger partial charge in [0.2, 0.25) is 10.0 Å². The van der Waals surface area contributed by atoms with E-state index < -0.39 is 10.0 Å². The first-order valence-electron chi connectivity index (χ1n) is 11.9. The molecule has 0 saturated carbocycles. The summed E-state index contributed by atoms with van der Waals surface area (Å²) in [5, 5.41) is 0. The molecule has 5 heteroatoms. The minimum absolute atomic E-state index is 0.111. The molecule has 1 aliphatic heterocycles. The summed E-state index contributed by atoms with van der Waals surface area (Å²) in [6.07, 6.45) is 0. The Morgan fingerprint density at radius 1 is 0.875 bits per heavy atom. The van der Waals surface area contributed by atoms with E-state index in [1.165, 1.54) is 16.8 Å². The molecule has 3 rings (SSSR count). The van der Waals surface area contributed by atoms with Crippen LogP contribution in [0.15, 0.2) is 41.3 Å². The molecule has 2 aromatic rings. The minimum atomic E-state index is -3.60. The van der Waals surface area contributed by atoms with Crippen LogP contribution in [-0.4, -0.2) is 38.4 Å². The molecule has 1 atom stereocenters. The van der Waals surface area contributed by atoms with Crippen molar-refractivity contribution >= 4 is 15.7 Å². The van der Waals surface area contributed by atoms with Gasteiger partial charge in [0.15, 0.2) is 0 Å². The maximum atomic E-state index is 14.1. The van der Waals surface area contributed by atoms with E-state index in [9.17, 15) is 8.42 Å². The summed E-state index contributed by atoms with van der Waals surface area (Å²) in [7, 11) is -3.60. The van der Waals surface area contributed by atoms with Gasteiger partial charge in [-0.3, -0.25) is 0 Å². The number of hydrogen-bond donors (Lipinski definition) is 0. The molecule has 1 heterocycles. The van der Waals surface area contributed by atoms with Gasteiger partial charge in [-0.25, -0.2) is 8.42 Å². The Hall–Kier alpha value is -1.85. The highest BCUT2D eigenvalue weighted by atomic mass is 32.2. The maximum Gasteiger partial charge on any atom is 0.243 e. The van der Waals surface area contributed by atoms with Crippen LogP contribution in [0.3, 0.4) is 0 Å². The first-order valence-corrected chi connectivity index (χ1v) is 13.4. The highest BCUT2D eigenvalue weighted by Crippen LogP contribution is 2.37. The van der Waals surface area contributed by atoms with Crippen LogP contribution >= 0.6 is 0 Å². The fourth-order valence-electron chi connectivity index (χ4n) is 4.65. The number of anilines is 1. The molecule has 4 nitrogen and oxygen atoms in total. The van der Waals surface area contributed by atoms with Crippen molar-refractivity contribution < 1.29 is 8.42 Å². The molecule has 1 unspecified atom stereocenters. The Balaban J connectivity index is 2.01. The lowest BCUT2D eigenvalue weighted by atomic mass is 9.89. The van der Waals surface area contributed by atoms with E-state index >= 15 is 0 Å². The summed E-state index contributed by atoms with van der Waals surface area (Å²) in [5.74, 6) is 0.642. The van der Waals surface area contributed by atoms with Gasteiger partial charge < -0.3 is 4.90 Å². The Morgan fingerprint density at radius 3 is 1.94 bits per heavy atom. The fraction of sp³-hybridized carbons (Fsp3) is 0.556. The molecule has 0 radical (unpaired) electrons. The zero-order chi connectivity index (χ0) is 23.8. The van der Waals surface area contributed by atoms with Crippen LogP contribution < -0.4 is 4.90 Å². The minimum Gasteiger partial charge on any atom is -0.366 e. The molecule has 176 valence electrons. The van der Waals surface area contributed by atoms with Gasteiger partial charge in [-0.15, -0.1) is 0 Å². The number of benzene rings is 2. The average Bonchev–Trinajstić information content (AvgIpc) is 2.72. The number of hydrogen-bond acceptors (Lipinski definition) is 3. The van der Waals surface area contributed by atoms with Crippen LogP contribution in [0.4, 0.5) is 5.69 Å². The number of sulfonamides is 1. The van der Waals surface area contributed by atoms with Crippen LogP contribution in [0, 0.1) is 6.92 Å². The van der Waals surface area contributed by atoms with Crippen LogP contribution in [0.5, 0.6) is 0 Å². The standard InChI is InChI=1S/C27H40N2O2S/c1-18(2)23-15-25(19(3)4)27(26(16-23)20(5)6)32(30,31)28-12-13-29(22(8)17-28)24-11-9-10-21(7)14-24/h9-11,14-16,18-20,22H,12-13,17H2,1-8H3. The highest BCUT2D eigenvalue weighted by molar-refractivity contribution is 7.89. The monoisotopic (exact) mass is 456 g/mol. The normalized spacial score (nSPS) is 18.2. The van der Waals surface area contributed by atoms with Crippen molar-refractivity contribution in [2.45, 2.75) is 84.1 Å². The molecule has 0 N–H and O–H groups in total. The molecular weight excluding hydrogens is 416 g/mol. The second kappa shape index (κ2) is 9.56. The molecule has 2 aromatic carbocycles. The molecule has 0 aromatic heterocycles. The number of rotatable bonds is 6. The first-order chi connectivity index (χ1) is 14.9. The van der Waals surface area contributed by atoms with Gasteiger partial charge in [0, 0.05) is 31.4 Å². The van der Waals surface area contributed by atoms with E-state index in [4.69, 9.17) is 0 Å². The molecule has 1 fully saturated rings. The molecular formula is C27H40N2O2S. The van der Waals surface area contributed by atoms with Gasteiger partial charge in [-0.1, -0.05) is 65.8 Å². The SMILES string of the molecule is Cc1cccc(N2CCN(S(=O)(=O)c3c(C(C)C)cc(C(C)C)cc3C(C)C)CC2C)c1. The lowest BCUT2D eigenvalue weighted by molar-refractivity contribution is 0.341. The second-order valence-corrected chi connectivity index (χ2v) is 12.1. The van der Waals surface area contributed by atoms with Crippen molar-refractivity contribution in [2.75, 3.05) is 24.5 Å². The van der Waals surface area contributed by atoms with E-state index in [0.29, 0.717) is 30.4 Å². The smallest absolute Gasteiger partial charge is 0.243 e. The fourth-order valence-corrected chi connectivity index (χ4v) is 6.83. The van der Waals surface area contributed by atoms with Crippen LogP contribution in [0.2, 0.25) is 0 Å². The second-order valence-electron chi connectivity index (χ2n) is 10.2. The first kappa shape index (κ1) is 24.8. The molecule has 1 aliphatic rings. The summed E-state index contributed by atoms with van der Waals surface area (Å²) < 4.78 is 29.9. The number of aryl methyl sites for hydroxylation is 1. The summed E-state index contributed by atoms with van der Waals surface area (Å²) in [6, 6.07) is 12.8. The van der Waals surface area contributed by atoms with Crippen molar-refractivity contribution in [3.63, 3.8) is 0 Å². The summed E-state index contributed by atoms with van der Waals surface area (Å²) in [5.41, 5.74) is 5.51. The van der Waals surface area contributed by atoms with Gasteiger partial charge >= 0.3 is 0 Å². The Labute approximate surface area is 195 Å². The maximum absolute atomic E-state index is 14.1.